The van der Waals surface area contributed by atoms with Gasteiger partial charge in [-0.2, -0.15) is 0 Å². The topological polar surface area (TPSA) is 80.1 Å². The number of carbonyl (C=O) groups excluding carboxylic acids is 2. The predicted octanol–water partition coefficient (Wildman–Crippen LogP) is 4.95. The van der Waals surface area contributed by atoms with Crippen molar-refractivity contribution in [2.75, 3.05) is 17.2 Å². The van der Waals surface area contributed by atoms with Crippen molar-refractivity contribution in [3.63, 3.8) is 0 Å². The van der Waals surface area contributed by atoms with Gasteiger partial charge in [-0.05, 0) is 67.0 Å². The van der Waals surface area contributed by atoms with E-state index in [0.717, 1.165) is 41.9 Å². The third kappa shape index (κ3) is 5.08. The number of carbonyl (C=O) groups is 2. The summed E-state index contributed by atoms with van der Waals surface area (Å²) in [6.07, 6.45) is 1.95. The highest BCUT2D eigenvalue weighted by molar-refractivity contribution is 7.99. The van der Waals surface area contributed by atoms with Gasteiger partial charge in [0.25, 0.3) is 5.91 Å². The highest BCUT2D eigenvalue weighted by atomic mass is 32.2. The number of fused-ring (bicyclic) bond motifs is 1. The maximum atomic E-state index is 13.2. The van der Waals surface area contributed by atoms with Gasteiger partial charge in [0.1, 0.15) is 0 Å². The summed E-state index contributed by atoms with van der Waals surface area (Å²) in [6.45, 7) is 5.02. The molecule has 1 aliphatic heterocycles. The van der Waals surface area contributed by atoms with Gasteiger partial charge in [0.05, 0.1) is 22.9 Å². The zero-order chi connectivity index (χ0) is 25.1. The second-order valence-corrected chi connectivity index (χ2v) is 10.6. The molecule has 9 heteroatoms. The van der Waals surface area contributed by atoms with Gasteiger partial charge in [0.15, 0.2) is 11.0 Å². The number of nitrogens with zero attached hydrogens (tertiary/aromatic N) is 4. The molecule has 2 aromatic heterocycles. The van der Waals surface area contributed by atoms with E-state index < -0.39 is 0 Å². The molecule has 0 bridgehead atoms. The number of para-hydroxylation sites is 1. The Morgan fingerprint density at radius 3 is 2.75 bits per heavy atom. The van der Waals surface area contributed by atoms with Crippen molar-refractivity contribution < 1.29 is 9.59 Å². The molecular formula is C27H27N5O2S2. The van der Waals surface area contributed by atoms with Gasteiger partial charge in [-0.3, -0.25) is 14.2 Å². The number of nitrogens with one attached hydrogen (secondary N) is 1. The number of aryl methyl sites for hydroxylation is 3. The standard InChI is InChI=1S/C27H27N5O2S2/c1-18-11-12-19(2)22(15-18)32-24(16-28-26(34)23-10-6-14-35-23)29-30-27(32)36-17-25(33)31-13-5-8-20-7-3-4-9-21(20)31/h3-4,6-7,9-12,14-15H,5,8,13,16-17H2,1-2H3,(H,28,34). The molecule has 184 valence electrons. The molecule has 0 spiro atoms. The molecule has 0 radical (unpaired) electrons. The van der Waals surface area contributed by atoms with Gasteiger partial charge in [-0.25, -0.2) is 0 Å². The van der Waals surface area contributed by atoms with Crippen molar-refractivity contribution in [3.8, 4) is 5.69 Å². The van der Waals surface area contributed by atoms with Crippen LogP contribution in [0.25, 0.3) is 5.69 Å². The highest BCUT2D eigenvalue weighted by Gasteiger charge is 2.24. The van der Waals surface area contributed by atoms with E-state index in [1.807, 2.05) is 53.0 Å². The Morgan fingerprint density at radius 1 is 1.06 bits per heavy atom. The molecule has 0 unspecified atom stereocenters. The fourth-order valence-corrected chi connectivity index (χ4v) is 5.84. The summed E-state index contributed by atoms with van der Waals surface area (Å²) in [5, 5.41) is 14.3. The maximum absolute atomic E-state index is 13.2. The van der Waals surface area contributed by atoms with Gasteiger partial charge in [0, 0.05) is 12.2 Å². The van der Waals surface area contributed by atoms with E-state index in [-0.39, 0.29) is 24.1 Å². The summed E-state index contributed by atoms with van der Waals surface area (Å²) >= 11 is 2.77. The molecule has 0 atom stereocenters. The van der Waals surface area contributed by atoms with E-state index in [1.54, 1.807) is 6.07 Å². The fraction of sp³-hybridized carbons (Fsp3) is 0.259. The monoisotopic (exact) mass is 517 g/mol. The molecule has 5 rings (SSSR count). The zero-order valence-corrected chi connectivity index (χ0v) is 21.9. The third-order valence-corrected chi connectivity index (χ3v) is 7.98. The lowest BCUT2D eigenvalue weighted by molar-refractivity contribution is -0.116. The molecule has 1 aliphatic rings. The van der Waals surface area contributed by atoms with Crippen molar-refractivity contribution in [3.05, 3.63) is 87.4 Å². The van der Waals surface area contributed by atoms with Gasteiger partial charge in [-0.1, -0.05) is 48.2 Å². The number of benzene rings is 2. The largest absolute Gasteiger partial charge is 0.344 e. The molecule has 4 aromatic rings. The van der Waals surface area contributed by atoms with Gasteiger partial charge < -0.3 is 10.2 Å². The number of anilines is 1. The first-order chi connectivity index (χ1) is 17.5. The molecular weight excluding hydrogens is 490 g/mol. The summed E-state index contributed by atoms with van der Waals surface area (Å²) in [6, 6.07) is 18.0. The highest BCUT2D eigenvalue weighted by Crippen LogP contribution is 2.29. The van der Waals surface area contributed by atoms with Crippen LogP contribution in [0.15, 0.2) is 65.1 Å². The lowest BCUT2D eigenvalue weighted by Gasteiger charge is -2.29. The number of rotatable bonds is 7. The molecule has 0 fully saturated rings. The Kier molecular flexibility index (Phi) is 7.20. The van der Waals surface area contributed by atoms with Crippen LogP contribution in [0.3, 0.4) is 0 Å². The number of hydrogen-bond acceptors (Lipinski definition) is 6. The molecule has 2 amide bonds. The average molecular weight is 518 g/mol. The second-order valence-electron chi connectivity index (χ2n) is 8.75. The van der Waals surface area contributed by atoms with E-state index in [1.165, 1.54) is 28.7 Å². The van der Waals surface area contributed by atoms with Gasteiger partial charge in [0.2, 0.25) is 5.91 Å². The molecule has 3 heterocycles. The first-order valence-electron chi connectivity index (χ1n) is 11.9. The van der Waals surface area contributed by atoms with Crippen LogP contribution in [0, 0.1) is 13.8 Å². The second kappa shape index (κ2) is 10.7. The summed E-state index contributed by atoms with van der Waals surface area (Å²) < 4.78 is 1.96. The Labute approximate surface area is 218 Å². The predicted molar refractivity (Wildman–Crippen MR) is 144 cm³/mol. The normalized spacial score (nSPS) is 12.9. The molecule has 2 aromatic carbocycles. The van der Waals surface area contributed by atoms with Crippen LogP contribution in [0.4, 0.5) is 5.69 Å². The van der Waals surface area contributed by atoms with Crippen LogP contribution in [-0.2, 0) is 17.8 Å². The Bertz CT molecular complexity index is 1400. The number of thioether (sulfide) groups is 1. The smallest absolute Gasteiger partial charge is 0.261 e. The molecule has 36 heavy (non-hydrogen) atoms. The lowest BCUT2D eigenvalue weighted by atomic mass is 10.0. The first-order valence-corrected chi connectivity index (χ1v) is 13.7. The summed E-state index contributed by atoms with van der Waals surface area (Å²) in [5.74, 6) is 0.773. The zero-order valence-electron chi connectivity index (χ0n) is 20.2. The van der Waals surface area contributed by atoms with Crippen molar-refractivity contribution in [1.82, 2.24) is 20.1 Å². The van der Waals surface area contributed by atoms with Crippen LogP contribution in [0.5, 0.6) is 0 Å². The molecule has 0 aliphatic carbocycles. The minimum absolute atomic E-state index is 0.0511. The number of amides is 2. The number of aromatic nitrogens is 3. The van der Waals surface area contributed by atoms with E-state index in [4.69, 9.17) is 0 Å². The van der Waals surface area contributed by atoms with E-state index >= 15 is 0 Å². The summed E-state index contributed by atoms with van der Waals surface area (Å²) in [5.41, 5.74) is 5.32. The minimum Gasteiger partial charge on any atom is -0.344 e. The number of thiophene rings is 1. The molecule has 0 saturated heterocycles. The van der Waals surface area contributed by atoms with Crippen LogP contribution >= 0.6 is 23.1 Å². The Morgan fingerprint density at radius 2 is 1.92 bits per heavy atom. The van der Waals surface area contributed by atoms with Crippen LogP contribution < -0.4 is 10.2 Å². The summed E-state index contributed by atoms with van der Waals surface area (Å²) in [4.78, 5) is 28.3. The van der Waals surface area contributed by atoms with Gasteiger partial charge >= 0.3 is 0 Å². The number of hydrogen-bond donors (Lipinski definition) is 1. The van der Waals surface area contributed by atoms with E-state index in [9.17, 15) is 9.59 Å². The fourth-order valence-electron chi connectivity index (χ4n) is 4.36. The molecule has 7 nitrogen and oxygen atoms in total. The van der Waals surface area contributed by atoms with Crippen molar-refractivity contribution in [2.45, 2.75) is 38.4 Å². The Hall–Kier alpha value is -3.43. The maximum Gasteiger partial charge on any atom is 0.261 e. The van der Waals surface area contributed by atoms with Crippen LogP contribution in [-0.4, -0.2) is 38.9 Å². The lowest BCUT2D eigenvalue weighted by Crippen LogP contribution is -2.36. The van der Waals surface area contributed by atoms with Crippen molar-refractivity contribution in [1.29, 1.82) is 0 Å². The van der Waals surface area contributed by atoms with Crippen molar-refractivity contribution in [2.24, 2.45) is 0 Å². The molecule has 1 N–H and O–H groups in total. The third-order valence-electron chi connectivity index (χ3n) is 6.19. The summed E-state index contributed by atoms with van der Waals surface area (Å²) in [7, 11) is 0. The van der Waals surface area contributed by atoms with Crippen LogP contribution in [0.2, 0.25) is 0 Å². The average Bonchev–Trinajstić information content (AvgIpc) is 3.57. The first kappa shape index (κ1) is 24.3. The van der Waals surface area contributed by atoms with E-state index in [0.29, 0.717) is 15.9 Å². The SMILES string of the molecule is Cc1ccc(C)c(-n2c(CNC(=O)c3cccs3)nnc2SCC(=O)N2CCCc3ccccc32)c1. The quantitative estimate of drug-likeness (QED) is 0.351. The minimum atomic E-state index is -0.145. The Balaban J connectivity index is 1.39. The molecule has 0 saturated carbocycles. The van der Waals surface area contributed by atoms with E-state index in [2.05, 4.69) is 39.8 Å². The van der Waals surface area contributed by atoms with Crippen LogP contribution in [0.1, 0.15) is 38.6 Å². The van der Waals surface area contributed by atoms with Gasteiger partial charge in [-0.15, -0.1) is 21.5 Å². The van der Waals surface area contributed by atoms with Crippen molar-refractivity contribution >= 4 is 40.6 Å².